The van der Waals surface area contributed by atoms with Gasteiger partial charge in [-0.05, 0) is 30.7 Å². The zero-order valence-corrected chi connectivity index (χ0v) is 16.6. The van der Waals surface area contributed by atoms with E-state index in [-0.39, 0.29) is 13.0 Å². The maximum Gasteiger partial charge on any atom is 0.480 e. The van der Waals surface area contributed by atoms with Crippen molar-refractivity contribution in [2.24, 2.45) is 0 Å². The summed E-state index contributed by atoms with van der Waals surface area (Å²) < 4.78 is 84.6. The summed E-state index contributed by atoms with van der Waals surface area (Å²) in [7, 11) is -10.9. The van der Waals surface area contributed by atoms with Crippen molar-refractivity contribution < 1.29 is 30.0 Å². The third-order valence-corrected chi connectivity index (χ3v) is 8.03. The minimum atomic E-state index is -6.09. The van der Waals surface area contributed by atoms with Crippen molar-refractivity contribution in [3.8, 4) is 0 Å². The van der Waals surface area contributed by atoms with Gasteiger partial charge in [0.1, 0.15) is 0 Å². The molecule has 1 heterocycles. The van der Waals surface area contributed by atoms with E-state index in [1.807, 2.05) is 53.4 Å². The summed E-state index contributed by atoms with van der Waals surface area (Å²) in [5.74, 6) is -0.823. The number of halogens is 3. The van der Waals surface area contributed by atoms with E-state index in [0.29, 0.717) is 0 Å². The lowest BCUT2D eigenvalue weighted by atomic mass is 10.2. The van der Waals surface area contributed by atoms with E-state index in [1.54, 1.807) is 11.8 Å². The topological polar surface area (TPSA) is 85.6 Å². The number of alkyl halides is 3. The molecule has 0 amide bonds. The number of rotatable bonds is 6. The SMILES string of the molecule is O=S(=O)(CCCN1c2ccccc2Sc2ccccc21)[N-]S(=O)(=O)C(F)(F)F. The highest BCUT2D eigenvalue weighted by Gasteiger charge is 2.40. The highest BCUT2D eigenvalue weighted by atomic mass is 32.3. The van der Waals surface area contributed by atoms with Gasteiger partial charge in [0.05, 0.1) is 21.4 Å². The van der Waals surface area contributed by atoms with Gasteiger partial charge in [-0.3, -0.25) is 0 Å². The molecule has 6 nitrogen and oxygen atoms in total. The Morgan fingerprint density at radius 3 is 1.89 bits per heavy atom. The fourth-order valence-corrected chi connectivity index (χ4v) is 6.08. The van der Waals surface area contributed by atoms with Crippen molar-refractivity contribution in [1.82, 2.24) is 0 Å². The summed E-state index contributed by atoms with van der Waals surface area (Å²) in [6, 6.07) is 14.9. The molecule has 1 aliphatic heterocycles. The molecule has 2 aromatic rings. The fraction of sp³-hybridized carbons (Fsp3) is 0.250. The number of hydrogen-bond acceptors (Lipinski definition) is 6. The predicted octanol–water partition coefficient (Wildman–Crippen LogP) is 4.23. The second-order valence-electron chi connectivity index (χ2n) is 5.82. The van der Waals surface area contributed by atoms with Gasteiger partial charge in [-0.1, -0.05) is 36.0 Å². The average molecular weight is 451 g/mol. The van der Waals surface area contributed by atoms with Crippen LogP contribution < -0.4 is 4.90 Å². The molecule has 152 valence electrons. The van der Waals surface area contributed by atoms with Crippen molar-refractivity contribution in [3.05, 3.63) is 52.7 Å². The van der Waals surface area contributed by atoms with Gasteiger partial charge in [-0.2, -0.15) is 13.2 Å². The van der Waals surface area contributed by atoms with Crippen molar-refractivity contribution >= 4 is 43.2 Å². The van der Waals surface area contributed by atoms with Gasteiger partial charge in [0.15, 0.2) is 10.0 Å². The smallest absolute Gasteiger partial charge is 0.428 e. The molecule has 0 spiro atoms. The molecule has 0 aromatic heterocycles. The molecular weight excluding hydrogens is 437 g/mol. The first-order valence-electron chi connectivity index (χ1n) is 7.92. The van der Waals surface area contributed by atoms with E-state index < -0.39 is 31.3 Å². The number of hydrogen-bond donors (Lipinski definition) is 0. The Kier molecular flexibility index (Phi) is 5.67. The van der Waals surface area contributed by atoms with Crippen molar-refractivity contribution in [2.45, 2.75) is 21.7 Å². The van der Waals surface area contributed by atoms with Gasteiger partial charge < -0.3 is 9.03 Å². The number of nitrogens with zero attached hydrogens (tertiary/aromatic N) is 2. The number of fused-ring (bicyclic) bond motifs is 2. The van der Waals surface area contributed by atoms with E-state index in [9.17, 15) is 30.0 Å². The number of benzene rings is 2. The first kappa shape index (κ1) is 21.0. The number of para-hydroxylation sites is 2. The highest BCUT2D eigenvalue weighted by molar-refractivity contribution is 8.12. The van der Waals surface area contributed by atoms with Crippen LogP contribution in [-0.2, 0) is 20.0 Å². The third-order valence-electron chi connectivity index (χ3n) is 3.82. The number of sulfonamides is 2. The molecule has 0 bridgehead atoms. The zero-order chi connectivity index (χ0) is 20.6. The Balaban J connectivity index is 1.75. The molecular formula is C16H14F3N2O4S3-. The van der Waals surface area contributed by atoms with Gasteiger partial charge in [0, 0.05) is 22.1 Å². The van der Waals surface area contributed by atoms with Crippen LogP contribution in [0.5, 0.6) is 0 Å². The Labute approximate surface area is 164 Å². The normalized spacial score (nSPS) is 14.5. The molecule has 2 aromatic carbocycles. The lowest BCUT2D eigenvalue weighted by molar-refractivity contribution is -0.0425. The van der Waals surface area contributed by atoms with Gasteiger partial charge in [0.25, 0.3) is 0 Å². The molecule has 0 saturated carbocycles. The van der Waals surface area contributed by atoms with Crippen LogP contribution in [0.1, 0.15) is 6.42 Å². The standard InChI is InChI=1S/C16H14F3N2O4S3/c17-16(18,19)28(24,25)20-27(22,23)11-5-10-21-12-6-1-3-8-14(12)26-15-9-4-2-7-13(15)21/h1-4,6-9H,5,10-11H2/q-1. The van der Waals surface area contributed by atoms with E-state index in [0.717, 1.165) is 21.2 Å². The van der Waals surface area contributed by atoms with E-state index >= 15 is 0 Å². The lowest BCUT2D eigenvalue weighted by Crippen LogP contribution is -2.26. The maximum atomic E-state index is 12.4. The molecule has 0 unspecified atom stereocenters. The largest absolute Gasteiger partial charge is 0.480 e. The van der Waals surface area contributed by atoms with Gasteiger partial charge >= 0.3 is 5.51 Å². The highest BCUT2D eigenvalue weighted by Crippen LogP contribution is 2.47. The third kappa shape index (κ3) is 4.45. The molecule has 3 rings (SSSR count). The maximum absolute atomic E-state index is 12.4. The summed E-state index contributed by atoms with van der Waals surface area (Å²) in [6.07, 6.45) is -0.105. The molecule has 0 radical (unpaired) electrons. The Bertz CT molecular complexity index is 1040. The van der Waals surface area contributed by atoms with E-state index in [2.05, 4.69) is 4.13 Å². The summed E-state index contributed by atoms with van der Waals surface area (Å²) >= 11 is 1.55. The van der Waals surface area contributed by atoms with Crippen LogP contribution in [0.3, 0.4) is 0 Å². The van der Waals surface area contributed by atoms with E-state index in [4.69, 9.17) is 0 Å². The minimum absolute atomic E-state index is 0.105. The molecule has 1 aliphatic rings. The molecule has 0 fully saturated rings. The first-order valence-corrected chi connectivity index (χ1v) is 11.8. The molecule has 0 atom stereocenters. The summed E-state index contributed by atoms with van der Waals surface area (Å²) in [4.78, 5) is 3.76. The van der Waals surface area contributed by atoms with Crippen LogP contribution in [0, 0.1) is 0 Å². The Hall–Kier alpha value is -1.76. The van der Waals surface area contributed by atoms with Crippen molar-refractivity contribution in [2.75, 3.05) is 17.2 Å². The van der Waals surface area contributed by atoms with Crippen LogP contribution >= 0.6 is 11.8 Å². The number of anilines is 2. The quantitative estimate of drug-likeness (QED) is 0.653. The molecule has 0 saturated heterocycles. The molecule has 0 aliphatic carbocycles. The fourth-order valence-electron chi connectivity index (χ4n) is 2.66. The van der Waals surface area contributed by atoms with Gasteiger partial charge in [-0.15, -0.1) is 0 Å². The monoisotopic (exact) mass is 451 g/mol. The van der Waals surface area contributed by atoms with Gasteiger partial charge in [-0.25, -0.2) is 16.8 Å². The Morgan fingerprint density at radius 1 is 0.893 bits per heavy atom. The van der Waals surface area contributed by atoms with Crippen LogP contribution in [0.4, 0.5) is 24.5 Å². The van der Waals surface area contributed by atoms with Crippen molar-refractivity contribution in [1.29, 1.82) is 0 Å². The Morgan fingerprint density at radius 2 is 1.39 bits per heavy atom. The van der Waals surface area contributed by atoms with Gasteiger partial charge in [0.2, 0.25) is 0 Å². The second kappa shape index (κ2) is 7.58. The summed E-state index contributed by atoms with van der Waals surface area (Å²) in [6.45, 7) is 0.162. The van der Waals surface area contributed by atoms with Crippen LogP contribution in [-0.4, -0.2) is 34.6 Å². The van der Waals surface area contributed by atoms with E-state index in [1.165, 1.54) is 0 Å². The van der Waals surface area contributed by atoms with Crippen LogP contribution in [0.25, 0.3) is 4.13 Å². The van der Waals surface area contributed by atoms with Crippen molar-refractivity contribution in [3.63, 3.8) is 0 Å². The molecule has 28 heavy (non-hydrogen) atoms. The average Bonchev–Trinajstić information content (AvgIpc) is 2.59. The first-order chi connectivity index (χ1) is 13.0. The molecule has 0 N–H and O–H groups in total. The van der Waals surface area contributed by atoms with Crippen LogP contribution in [0.2, 0.25) is 0 Å². The summed E-state index contributed by atoms with van der Waals surface area (Å²) in [5.41, 5.74) is -4.07. The lowest BCUT2D eigenvalue weighted by Gasteiger charge is -2.33. The zero-order valence-electron chi connectivity index (χ0n) is 14.1. The minimum Gasteiger partial charge on any atom is -0.428 e. The van der Waals surface area contributed by atoms with Crippen LogP contribution in [0.15, 0.2) is 58.3 Å². The second-order valence-corrected chi connectivity index (χ2v) is 10.5. The summed E-state index contributed by atoms with van der Waals surface area (Å²) in [5, 5.41) is 0. The molecule has 12 heteroatoms. The predicted molar refractivity (Wildman–Crippen MR) is 101 cm³/mol.